The van der Waals surface area contributed by atoms with Gasteiger partial charge in [0.1, 0.15) is 0 Å². The summed E-state index contributed by atoms with van der Waals surface area (Å²) in [6.07, 6.45) is 0.503. The highest BCUT2D eigenvalue weighted by Crippen LogP contribution is 2.50. The first-order valence-corrected chi connectivity index (χ1v) is 10.2. The minimum Gasteiger partial charge on any atom is -0.450 e. The van der Waals surface area contributed by atoms with Crippen molar-refractivity contribution in [3.8, 4) is 0 Å². The van der Waals surface area contributed by atoms with Gasteiger partial charge in [0.25, 0.3) is 0 Å². The molecule has 2 heterocycles. The fourth-order valence-electron chi connectivity index (χ4n) is 5.18. The molecule has 3 fully saturated rings. The second-order valence-electron chi connectivity index (χ2n) is 8.38. The summed E-state index contributed by atoms with van der Waals surface area (Å²) in [5.74, 6) is 0. The van der Waals surface area contributed by atoms with Gasteiger partial charge < -0.3 is 14.5 Å². The monoisotopic (exact) mass is 391 g/mol. The van der Waals surface area contributed by atoms with Crippen LogP contribution in [-0.4, -0.2) is 84.9 Å². The molecule has 5 nitrogen and oxygen atoms in total. The van der Waals surface area contributed by atoms with E-state index >= 15 is 0 Å². The SMILES string of the molecule is CCOC(=O)N1CCC2(CC(N3CCC(N(CC)CC(F)(F)F)CC3)C2)C1. The third-order valence-corrected chi connectivity index (χ3v) is 6.62. The van der Waals surface area contributed by atoms with Gasteiger partial charge in [0.15, 0.2) is 0 Å². The van der Waals surface area contributed by atoms with Gasteiger partial charge in [-0.15, -0.1) is 0 Å². The Hall–Kier alpha value is -1.02. The maximum Gasteiger partial charge on any atom is 0.409 e. The lowest BCUT2D eigenvalue weighted by Crippen LogP contribution is -2.56. The van der Waals surface area contributed by atoms with Crippen LogP contribution in [0, 0.1) is 5.41 Å². The van der Waals surface area contributed by atoms with Crippen LogP contribution in [0.1, 0.15) is 46.0 Å². The second-order valence-corrected chi connectivity index (χ2v) is 8.38. The number of nitrogens with zero attached hydrogens (tertiary/aromatic N) is 3. The third kappa shape index (κ3) is 4.88. The van der Waals surface area contributed by atoms with Crippen molar-refractivity contribution < 1.29 is 22.7 Å². The van der Waals surface area contributed by atoms with Crippen molar-refractivity contribution >= 4 is 6.09 Å². The van der Waals surface area contributed by atoms with Crippen LogP contribution in [0.5, 0.6) is 0 Å². The lowest BCUT2D eigenvalue weighted by Gasteiger charge is -2.52. The van der Waals surface area contributed by atoms with Crippen molar-refractivity contribution in [1.29, 1.82) is 0 Å². The molecule has 0 N–H and O–H groups in total. The number of carbonyl (C=O) groups excluding carboxylic acids is 1. The van der Waals surface area contributed by atoms with E-state index in [4.69, 9.17) is 4.74 Å². The number of rotatable bonds is 5. The maximum atomic E-state index is 12.7. The summed E-state index contributed by atoms with van der Waals surface area (Å²) in [7, 11) is 0. The standard InChI is InChI=1S/C19H32F3N3O2/c1-3-23(14-19(20,21)22)15-5-8-24(9-6-15)16-11-18(12-16)7-10-25(13-18)17(26)27-4-2/h15-16H,3-14H2,1-2H3. The quantitative estimate of drug-likeness (QED) is 0.720. The number of piperidine rings is 1. The molecule has 0 aromatic carbocycles. The highest BCUT2D eigenvalue weighted by Gasteiger charge is 2.51. The smallest absolute Gasteiger partial charge is 0.409 e. The molecule has 3 rings (SSSR count). The zero-order chi connectivity index (χ0) is 19.7. The summed E-state index contributed by atoms with van der Waals surface area (Å²) in [6.45, 7) is 6.99. The lowest BCUT2D eigenvalue weighted by atomic mass is 9.64. The Morgan fingerprint density at radius 1 is 1.19 bits per heavy atom. The molecule has 0 aromatic heterocycles. The van der Waals surface area contributed by atoms with Gasteiger partial charge in [-0.05, 0) is 64.1 Å². The largest absolute Gasteiger partial charge is 0.450 e. The molecular formula is C19H32F3N3O2. The van der Waals surface area contributed by atoms with Crippen LogP contribution in [0.3, 0.4) is 0 Å². The summed E-state index contributed by atoms with van der Waals surface area (Å²) in [5.41, 5.74) is 0.236. The summed E-state index contributed by atoms with van der Waals surface area (Å²) >= 11 is 0. The molecule has 1 aliphatic carbocycles. The minimum absolute atomic E-state index is 0.0349. The van der Waals surface area contributed by atoms with Crippen LogP contribution in [0.2, 0.25) is 0 Å². The van der Waals surface area contributed by atoms with Gasteiger partial charge in [0.05, 0.1) is 13.2 Å². The van der Waals surface area contributed by atoms with Crippen molar-refractivity contribution in [1.82, 2.24) is 14.7 Å². The van der Waals surface area contributed by atoms with Gasteiger partial charge in [-0.1, -0.05) is 6.92 Å². The van der Waals surface area contributed by atoms with Gasteiger partial charge in [-0.2, -0.15) is 13.2 Å². The maximum absolute atomic E-state index is 12.7. The van der Waals surface area contributed by atoms with E-state index in [9.17, 15) is 18.0 Å². The van der Waals surface area contributed by atoms with E-state index in [1.807, 2.05) is 18.7 Å². The van der Waals surface area contributed by atoms with Crippen molar-refractivity contribution in [2.75, 3.05) is 45.9 Å². The topological polar surface area (TPSA) is 36.0 Å². The number of amides is 1. The molecule has 2 saturated heterocycles. The number of alkyl halides is 3. The Bertz CT molecular complexity index is 515. The molecule has 0 radical (unpaired) electrons. The zero-order valence-corrected chi connectivity index (χ0v) is 16.4. The van der Waals surface area contributed by atoms with E-state index in [1.165, 1.54) is 0 Å². The van der Waals surface area contributed by atoms with Gasteiger partial charge in [-0.25, -0.2) is 4.79 Å². The Morgan fingerprint density at radius 2 is 1.85 bits per heavy atom. The predicted octanol–water partition coefficient (Wildman–Crippen LogP) is 3.35. The summed E-state index contributed by atoms with van der Waals surface area (Å²) < 4.78 is 43.3. The normalized spacial score (nSPS) is 30.1. The Morgan fingerprint density at radius 3 is 2.41 bits per heavy atom. The molecule has 0 aromatic rings. The van der Waals surface area contributed by atoms with Gasteiger partial charge in [0.2, 0.25) is 0 Å². The van der Waals surface area contributed by atoms with E-state index in [1.54, 1.807) is 4.90 Å². The molecule has 0 bridgehead atoms. The number of carbonyl (C=O) groups is 1. The Labute approximate surface area is 159 Å². The first-order valence-electron chi connectivity index (χ1n) is 10.2. The van der Waals surface area contributed by atoms with Gasteiger partial charge >= 0.3 is 12.3 Å². The van der Waals surface area contributed by atoms with E-state index in [0.717, 1.165) is 58.3 Å². The highest BCUT2D eigenvalue weighted by atomic mass is 19.4. The molecular weight excluding hydrogens is 359 g/mol. The molecule has 0 unspecified atom stereocenters. The zero-order valence-electron chi connectivity index (χ0n) is 16.4. The van der Waals surface area contributed by atoms with Crippen molar-refractivity contribution in [3.63, 3.8) is 0 Å². The van der Waals surface area contributed by atoms with Crippen LogP contribution in [0.4, 0.5) is 18.0 Å². The second kappa shape index (κ2) is 8.15. The predicted molar refractivity (Wildman–Crippen MR) is 96.6 cm³/mol. The number of hydrogen-bond donors (Lipinski definition) is 0. The summed E-state index contributed by atoms with van der Waals surface area (Å²) in [6, 6.07) is 0.554. The molecule has 1 saturated carbocycles. The van der Waals surface area contributed by atoms with Crippen LogP contribution < -0.4 is 0 Å². The molecule has 2 aliphatic heterocycles. The van der Waals surface area contributed by atoms with Crippen LogP contribution in [0.25, 0.3) is 0 Å². The molecule has 1 amide bonds. The number of hydrogen-bond acceptors (Lipinski definition) is 4. The van der Waals surface area contributed by atoms with Gasteiger partial charge in [0, 0.05) is 25.2 Å². The lowest BCUT2D eigenvalue weighted by molar-refractivity contribution is -0.153. The number of ether oxygens (including phenoxy) is 1. The van der Waals surface area contributed by atoms with E-state index in [0.29, 0.717) is 19.2 Å². The summed E-state index contributed by atoms with van der Waals surface area (Å²) in [5, 5.41) is 0. The van der Waals surface area contributed by atoms with Crippen molar-refractivity contribution in [2.45, 2.75) is 64.2 Å². The molecule has 27 heavy (non-hydrogen) atoms. The fraction of sp³-hybridized carbons (Fsp3) is 0.947. The molecule has 156 valence electrons. The first kappa shape index (κ1) is 20.7. The Balaban J connectivity index is 1.42. The van der Waals surface area contributed by atoms with Crippen LogP contribution in [0.15, 0.2) is 0 Å². The van der Waals surface area contributed by atoms with Crippen LogP contribution >= 0.6 is 0 Å². The molecule has 8 heteroatoms. The number of halogens is 3. The first-order chi connectivity index (χ1) is 12.8. The van der Waals surface area contributed by atoms with Crippen LogP contribution in [-0.2, 0) is 4.74 Å². The van der Waals surface area contributed by atoms with Gasteiger partial charge in [-0.3, -0.25) is 4.90 Å². The van der Waals surface area contributed by atoms with E-state index < -0.39 is 12.7 Å². The Kier molecular flexibility index (Phi) is 6.25. The van der Waals surface area contributed by atoms with Crippen molar-refractivity contribution in [2.24, 2.45) is 5.41 Å². The van der Waals surface area contributed by atoms with E-state index in [2.05, 4.69) is 4.90 Å². The molecule has 0 atom stereocenters. The highest BCUT2D eigenvalue weighted by molar-refractivity contribution is 5.68. The average molecular weight is 391 g/mol. The fourth-order valence-corrected chi connectivity index (χ4v) is 5.18. The van der Waals surface area contributed by atoms with E-state index in [-0.39, 0.29) is 17.6 Å². The number of likely N-dealkylation sites (tertiary alicyclic amines) is 2. The third-order valence-electron chi connectivity index (χ3n) is 6.62. The summed E-state index contributed by atoms with van der Waals surface area (Å²) in [4.78, 5) is 17.7. The molecule has 3 aliphatic rings. The van der Waals surface area contributed by atoms with Crippen molar-refractivity contribution in [3.05, 3.63) is 0 Å². The molecule has 1 spiro atoms. The average Bonchev–Trinajstić information content (AvgIpc) is 3.04. The minimum atomic E-state index is -4.12.